The number of H-pyrrole nitrogens is 1. The number of nitrogens with zero attached hydrogens (tertiary/aromatic N) is 1. The molecule has 1 aromatic heterocycles. The quantitative estimate of drug-likeness (QED) is 0.787. The Bertz CT molecular complexity index is 510. The number of nitrogens with two attached hydrogens (primary N) is 1. The van der Waals surface area contributed by atoms with Gasteiger partial charge in [-0.3, -0.25) is 9.89 Å². The lowest BCUT2D eigenvalue weighted by Gasteiger charge is -2.28. The number of rotatable bonds is 4. The van der Waals surface area contributed by atoms with E-state index in [1.54, 1.807) is 0 Å². The molecule has 0 aromatic carbocycles. The molecule has 2 fully saturated rings. The first-order valence-corrected chi connectivity index (χ1v) is 7.73. The van der Waals surface area contributed by atoms with E-state index in [4.69, 9.17) is 5.73 Å². The fraction of sp³-hybridized carbons (Fsp3) is 0.733. The highest BCUT2D eigenvalue weighted by Crippen LogP contribution is 2.49. The van der Waals surface area contributed by atoms with E-state index in [9.17, 15) is 4.79 Å². The van der Waals surface area contributed by atoms with Crippen LogP contribution < -0.4 is 11.1 Å². The SMILES string of the molecule is CCc1[nH]nc(C(=O)NC(C)C2CC3CCC2C3)c1N. The number of hydrogen-bond acceptors (Lipinski definition) is 3. The molecule has 4 atom stereocenters. The Labute approximate surface area is 119 Å². The Hall–Kier alpha value is -1.52. The van der Waals surface area contributed by atoms with Gasteiger partial charge in [-0.1, -0.05) is 13.3 Å². The normalized spacial score (nSPS) is 29.6. The summed E-state index contributed by atoms with van der Waals surface area (Å²) in [5.74, 6) is 2.18. The minimum atomic E-state index is -0.145. The van der Waals surface area contributed by atoms with Gasteiger partial charge in [0.1, 0.15) is 0 Å². The zero-order chi connectivity index (χ0) is 14.3. The number of fused-ring (bicyclic) bond motifs is 2. The second-order valence-electron chi connectivity index (χ2n) is 6.42. The van der Waals surface area contributed by atoms with Crippen LogP contribution in [0.25, 0.3) is 0 Å². The smallest absolute Gasteiger partial charge is 0.274 e. The van der Waals surface area contributed by atoms with Gasteiger partial charge in [0.2, 0.25) is 0 Å². The molecule has 0 radical (unpaired) electrons. The first-order valence-electron chi connectivity index (χ1n) is 7.73. The van der Waals surface area contributed by atoms with E-state index in [1.165, 1.54) is 25.7 Å². The first-order chi connectivity index (χ1) is 9.60. The number of anilines is 1. The molecule has 20 heavy (non-hydrogen) atoms. The summed E-state index contributed by atoms with van der Waals surface area (Å²) in [6, 6.07) is 0.207. The number of carbonyl (C=O) groups excluding carboxylic acids is 1. The van der Waals surface area contributed by atoms with Gasteiger partial charge in [0.05, 0.1) is 11.4 Å². The van der Waals surface area contributed by atoms with Crippen molar-refractivity contribution in [2.45, 2.75) is 52.0 Å². The van der Waals surface area contributed by atoms with E-state index in [-0.39, 0.29) is 11.9 Å². The summed E-state index contributed by atoms with van der Waals surface area (Å²) in [5, 5.41) is 9.99. The van der Waals surface area contributed by atoms with Crippen molar-refractivity contribution in [3.05, 3.63) is 11.4 Å². The van der Waals surface area contributed by atoms with Crippen molar-refractivity contribution in [2.24, 2.45) is 17.8 Å². The molecule has 0 saturated heterocycles. The lowest BCUT2D eigenvalue weighted by Crippen LogP contribution is -2.40. The average Bonchev–Trinajstić information content (AvgIpc) is 3.12. The maximum atomic E-state index is 12.3. The molecule has 2 aliphatic carbocycles. The van der Waals surface area contributed by atoms with E-state index in [2.05, 4.69) is 22.4 Å². The molecular formula is C15H24N4O. The zero-order valence-corrected chi connectivity index (χ0v) is 12.3. The van der Waals surface area contributed by atoms with Crippen LogP contribution in [0.1, 0.15) is 55.7 Å². The molecule has 4 unspecified atom stereocenters. The van der Waals surface area contributed by atoms with Gasteiger partial charge in [0.25, 0.3) is 5.91 Å². The summed E-state index contributed by atoms with van der Waals surface area (Å²) >= 11 is 0. The van der Waals surface area contributed by atoms with E-state index < -0.39 is 0 Å². The molecule has 0 aliphatic heterocycles. The topological polar surface area (TPSA) is 83.8 Å². The van der Waals surface area contributed by atoms with E-state index in [0.717, 1.165) is 24.0 Å². The van der Waals surface area contributed by atoms with E-state index >= 15 is 0 Å². The van der Waals surface area contributed by atoms with Crippen molar-refractivity contribution >= 4 is 11.6 Å². The van der Waals surface area contributed by atoms with E-state index in [1.807, 2.05) is 6.92 Å². The first kappa shape index (κ1) is 13.5. The molecule has 2 bridgehead atoms. The largest absolute Gasteiger partial charge is 0.395 e. The van der Waals surface area contributed by atoms with Gasteiger partial charge < -0.3 is 11.1 Å². The number of aromatic nitrogens is 2. The highest BCUT2D eigenvalue weighted by Gasteiger charge is 2.42. The van der Waals surface area contributed by atoms with Crippen molar-refractivity contribution in [2.75, 3.05) is 5.73 Å². The van der Waals surface area contributed by atoms with Gasteiger partial charge in [0, 0.05) is 6.04 Å². The minimum absolute atomic E-state index is 0.145. The van der Waals surface area contributed by atoms with Gasteiger partial charge in [0.15, 0.2) is 5.69 Å². The van der Waals surface area contributed by atoms with Crippen LogP contribution in [0.2, 0.25) is 0 Å². The third-order valence-electron chi connectivity index (χ3n) is 5.25. The third-order valence-corrected chi connectivity index (χ3v) is 5.25. The zero-order valence-electron chi connectivity index (χ0n) is 12.3. The Balaban J connectivity index is 1.65. The van der Waals surface area contributed by atoms with Crippen molar-refractivity contribution < 1.29 is 4.79 Å². The molecule has 5 nitrogen and oxygen atoms in total. The number of aryl methyl sites for hydroxylation is 1. The van der Waals surface area contributed by atoms with E-state index in [0.29, 0.717) is 17.3 Å². The molecule has 1 amide bonds. The fourth-order valence-electron chi connectivity index (χ4n) is 4.12. The average molecular weight is 276 g/mol. The molecule has 2 saturated carbocycles. The van der Waals surface area contributed by atoms with Gasteiger partial charge >= 0.3 is 0 Å². The van der Waals surface area contributed by atoms with Crippen molar-refractivity contribution in [1.82, 2.24) is 15.5 Å². The number of hydrogen-bond donors (Lipinski definition) is 3. The Morgan fingerprint density at radius 3 is 2.85 bits per heavy atom. The van der Waals surface area contributed by atoms with Gasteiger partial charge in [-0.15, -0.1) is 0 Å². The van der Waals surface area contributed by atoms with Crippen LogP contribution in [0.4, 0.5) is 5.69 Å². The highest BCUT2D eigenvalue weighted by molar-refractivity contribution is 5.97. The number of carbonyl (C=O) groups is 1. The summed E-state index contributed by atoms with van der Waals surface area (Å²) < 4.78 is 0. The highest BCUT2D eigenvalue weighted by atomic mass is 16.2. The van der Waals surface area contributed by atoms with Crippen molar-refractivity contribution in [3.63, 3.8) is 0 Å². The van der Waals surface area contributed by atoms with Gasteiger partial charge in [-0.25, -0.2) is 0 Å². The van der Waals surface area contributed by atoms with Crippen LogP contribution in [0, 0.1) is 17.8 Å². The van der Waals surface area contributed by atoms with Crippen LogP contribution in [-0.2, 0) is 6.42 Å². The molecule has 3 rings (SSSR count). The summed E-state index contributed by atoms with van der Waals surface area (Å²) in [6.45, 7) is 4.11. The molecule has 4 N–H and O–H groups in total. The minimum Gasteiger partial charge on any atom is -0.395 e. The molecule has 1 aromatic rings. The van der Waals surface area contributed by atoms with Crippen molar-refractivity contribution in [1.29, 1.82) is 0 Å². The summed E-state index contributed by atoms with van der Waals surface area (Å²) in [6.07, 6.45) is 6.10. The predicted octanol–water partition coefficient (Wildman–Crippen LogP) is 2.11. The fourth-order valence-corrected chi connectivity index (χ4v) is 4.12. The standard InChI is InChI=1S/C15H24N4O/c1-3-12-13(16)14(19-18-12)15(20)17-8(2)11-7-9-4-5-10(11)6-9/h8-11H,3-7,16H2,1-2H3,(H,17,20)(H,18,19). The number of nitrogens with one attached hydrogen (secondary N) is 2. The Morgan fingerprint density at radius 2 is 2.30 bits per heavy atom. The lowest BCUT2D eigenvalue weighted by molar-refractivity contribution is 0.0911. The summed E-state index contributed by atoms with van der Waals surface area (Å²) in [4.78, 5) is 12.3. The van der Waals surface area contributed by atoms with Crippen LogP contribution in [0.5, 0.6) is 0 Å². The predicted molar refractivity (Wildman–Crippen MR) is 78.2 cm³/mol. The molecule has 5 heteroatoms. The second kappa shape index (κ2) is 5.11. The molecular weight excluding hydrogens is 252 g/mol. The van der Waals surface area contributed by atoms with Crippen LogP contribution in [0.15, 0.2) is 0 Å². The number of nitrogen functional groups attached to an aromatic ring is 1. The van der Waals surface area contributed by atoms with Gasteiger partial charge in [-0.05, 0) is 50.4 Å². The van der Waals surface area contributed by atoms with Crippen LogP contribution in [-0.4, -0.2) is 22.1 Å². The monoisotopic (exact) mass is 276 g/mol. The second-order valence-corrected chi connectivity index (χ2v) is 6.42. The van der Waals surface area contributed by atoms with Gasteiger partial charge in [-0.2, -0.15) is 5.10 Å². The summed E-state index contributed by atoms with van der Waals surface area (Å²) in [5.41, 5.74) is 7.62. The molecule has 0 spiro atoms. The Morgan fingerprint density at radius 1 is 1.50 bits per heavy atom. The van der Waals surface area contributed by atoms with Crippen LogP contribution in [0.3, 0.4) is 0 Å². The molecule has 2 aliphatic rings. The Kier molecular flexibility index (Phi) is 3.44. The maximum Gasteiger partial charge on any atom is 0.274 e. The number of amides is 1. The maximum absolute atomic E-state index is 12.3. The number of aromatic amines is 1. The lowest BCUT2D eigenvalue weighted by atomic mass is 9.84. The molecule has 1 heterocycles. The molecule has 110 valence electrons. The van der Waals surface area contributed by atoms with Crippen molar-refractivity contribution in [3.8, 4) is 0 Å². The third kappa shape index (κ3) is 2.19. The van der Waals surface area contributed by atoms with Crippen LogP contribution >= 0.6 is 0 Å². The summed E-state index contributed by atoms with van der Waals surface area (Å²) in [7, 11) is 0.